The van der Waals surface area contributed by atoms with Crippen LogP contribution in [0.3, 0.4) is 0 Å². The molecule has 2 aromatic rings. The molecule has 1 heterocycles. The van der Waals surface area contributed by atoms with Crippen LogP contribution in [0.1, 0.15) is 5.56 Å². The maximum absolute atomic E-state index is 9.55. The summed E-state index contributed by atoms with van der Waals surface area (Å²) in [4.78, 5) is 45.8. The number of nitrogens with zero attached hydrogens (tertiary/aromatic N) is 2. The zero-order valence-electron chi connectivity index (χ0n) is 21.3. The Morgan fingerprint density at radius 1 is 0.769 bits per heavy atom. The van der Waals surface area contributed by atoms with E-state index in [1.807, 2.05) is 23.9 Å². The molecule has 0 spiro atoms. The molecule has 39 heavy (non-hydrogen) atoms. The SMILES string of the molecule is CN1CCN(CCc2ccccc2Sc2ccc(Cl)cc2)CC1.O=C(O)/C=C/C(=O)O.O=C(O)/C=C/C(=O)O. The van der Waals surface area contributed by atoms with Crippen LogP contribution in [0.5, 0.6) is 0 Å². The number of halogens is 1. The Labute approximate surface area is 235 Å². The maximum Gasteiger partial charge on any atom is 0.328 e. The van der Waals surface area contributed by atoms with E-state index in [0.29, 0.717) is 24.3 Å². The summed E-state index contributed by atoms with van der Waals surface area (Å²) in [5, 5.41) is 32.0. The van der Waals surface area contributed by atoms with Gasteiger partial charge in [-0.25, -0.2) is 19.2 Å². The fourth-order valence-corrected chi connectivity index (χ4v) is 4.17. The van der Waals surface area contributed by atoms with E-state index in [9.17, 15) is 19.2 Å². The number of hydrogen-bond acceptors (Lipinski definition) is 7. The topological polar surface area (TPSA) is 156 Å². The molecule has 210 valence electrons. The normalized spacial score (nSPS) is 13.7. The molecule has 0 atom stereocenters. The van der Waals surface area contributed by atoms with Crippen LogP contribution in [0.4, 0.5) is 0 Å². The van der Waals surface area contributed by atoms with E-state index in [2.05, 4.69) is 53.2 Å². The first kappa shape index (κ1) is 33.4. The van der Waals surface area contributed by atoms with Gasteiger partial charge in [-0.15, -0.1) is 0 Å². The van der Waals surface area contributed by atoms with Crippen LogP contribution < -0.4 is 0 Å². The fraction of sp³-hybridized carbons (Fsp3) is 0.259. The molecule has 1 fully saturated rings. The molecular formula is C27H31ClN2O8S. The van der Waals surface area contributed by atoms with Gasteiger partial charge < -0.3 is 30.2 Å². The van der Waals surface area contributed by atoms with E-state index in [-0.39, 0.29) is 0 Å². The maximum atomic E-state index is 9.55. The van der Waals surface area contributed by atoms with Crippen molar-refractivity contribution in [1.82, 2.24) is 9.80 Å². The quantitative estimate of drug-likeness (QED) is 0.322. The summed E-state index contributed by atoms with van der Waals surface area (Å²) in [6, 6.07) is 16.8. The summed E-state index contributed by atoms with van der Waals surface area (Å²) in [6.07, 6.45) is 3.34. The van der Waals surface area contributed by atoms with Gasteiger partial charge in [-0.2, -0.15) is 0 Å². The molecule has 0 unspecified atom stereocenters. The van der Waals surface area contributed by atoms with Gasteiger partial charge in [0.15, 0.2) is 0 Å². The lowest BCUT2D eigenvalue weighted by molar-refractivity contribution is -0.134. The number of carboxylic acids is 4. The molecule has 2 aromatic carbocycles. The monoisotopic (exact) mass is 578 g/mol. The number of carbonyl (C=O) groups is 4. The van der Waals surface area contributed by atoms with Crippen molar-refractivity contribution in [2.45, 2.75) is 16.2 Å². The molecule has 10 nitrogen and oxygen atoms in total. The first-order valence-electron chi connectivity index (χ1n) is 11.7. The van der Waals surface area contributed by atoms with E-state index < -0.39 is 23.9 Å². The van der Waals surface area contributed by atoms with E-state index >= 15 is 0 Å². The number of likely N-dealkylation sites (N-methyl/N-ethyl adjacent to an activating group) is 1. The van der Waals surface area contributed by atoms with Gasteiger partial charge in [0.1, 0.15) is 0 Å². The zero-order chi connectivity index (χ0) is 29.2. The van der Waals surface area contributed by atoms with Crippen molar-refractivity contribution in [2.24, 2.45) is 0 Å². The lowest BCUT2D eigenvalue weighted by Gasteiger charge is -2.32. The summed E-state index contributed by atoms with van der Waals surface area (Å²) in [5.41, 5.74) is 1.44. The Kier molecular flexibility index (Phi) is 15.9. The highest BCUT2D eigenvalue weighted by molar-refractivity contribution is 7.99. The molecule has 4 N–H and O–H groups in total. The second-order valence-electron chi connectivity index (χ2n) is 8.08. The lowest BCUT2D eigenvalue weighted by Crippen LogP contribution is -2.45. The number of aliphatic carboxylic acids is 4. The summed E-state index contributed by atoms with van der Waals surface area (Å²) in [7, 11) is 2.20. The van der Waals surface area contributed by atoms with Crippen LogP contribution in [0, 0.1) is 0 Å². The van der Waals surface area contributed by atoms with Gasteiger partial charge in [0.05, 0.1) is 0 Å². The van der Waals surface area contributed by atoms with E-state index in [0.717, 1.165) is 18.0 Å². The van der Waals surface area contributed by atoms with Crippen LogP contribution in [0.25, 0.3) is 0 Å². The first-order chi connectivity index (χ1) is 18.5. The molecule has 1 saturated heterocycles. The second kappa shape index (κ2) is 18.6. The highest BCUT2D eigenvalue weighted by Crippen LogP contribution is 2.31. The first-order valence-corrected chi connectivity index (χ1v) is 12.9. The van der Waals surface area contributed by atoms with Crippen molar-refractivity contribution in [3.05, 3.63) is 83.4 Å². The second-order valence-corrected chi connectivity index (χ2v) is 9.63. The Bertz CT molecular complexity index is 1080. The molecule has 12 heteroatoms. The van der Waals surface area contributed by atoms with Gasteiger partial charge in [-0.05, 0) is 49.4 Å². The highest BCUT2D eigenvalue weighted by atomic mass is 35.5. The van der Waals surface area contributed by atoms with Gasteiger partial charge in [-0.3, -0.25) is 0 Å². The zero-order valence-corrected chi connectivity index (χ0v) is 22.8. The molecule has 0 bridgehead atoms. The van der Waals surface area contributed by atoms with Crippen LogP contribution in [-0.4, -0.2) is 93.9 Å². The highest BCUT2D eigenvalue weighted by Gasteiger charge is 2.14. The van der Waals surface area contributed by atoms with E-state index in [1.54, 1.807) is 0 Å². The molecule has 3 rings (SSSR count). The molecule has 1 aliphatic rings. The van der Waals surface area contributed by atoms with Crippen molar-refractivity contribution in [2.75, 3.05) is 39.8 Å². The summed E-state index contributed by atoms with van der Waals surface area (Å²) in [6.45, 7) is 5.88. The van der Waals surface area contributed by atoms with Crippen LogP contribution >= 0.6 is 23.4 Å². The Balaban J connectivity index is 0.000000393. The van der Waals surface area contributed by atoms with Gasteiger partial charge in [0, 0.05) is 71.8 Å². The number of rotatable bonds is 9. The third-order valence-electron chi connectivity index (χ3n) is 5.04. The third-order valence-corrected chi connectivity index (χ3v) is 6.42. The lowest BCUT2D eigenvalue weighted by atomic mass is 10.1. The van der Waals surface area contributed by atoms with E-state index in [1.165, 1.54) is 41.5 Å². The van der Waals surface area contributed by atoms with Crippen LogP contribution in [0.2, 0.25) is 5.02 Å². The molecular weight excluding hydrogens is 548 g/mol. The van der Waals surface area contributed by atoms with Crippen LogP contribution in [-0.2, 0) is 25.6 Å². The van der Waals surface area contributed by atoms with Gasteiger partial charge in [-0.1, -0.05) is 41.6 Å². The minimum Gasteiger partial charge on any atom is -0.478 e. The number of hydrogen-bond donors (Lipinski definition) is 4. The predicted molar refractivity (Wildman–Crippen MR) is 148 cm³/mol. The molecule has 0 amide bonds. The van der Waals surface area contributed by atoms with E-state index in [4.69, 9.17) is 32.0 Å². The summed E-state index contributed by atoms with van der Waals surface area (Å²) >= 11 is 7.80. The smallest absolute Gasteiger partial charge is 0.328 e. The van der Waals surface area contributed by atoms with Gasteiger partial charge >= 0.3 is 23.9 Å². The summed E-state index contributed by atoms with van der Waals surface area (Å²) in [5.74, 6) is -5.03. The molecule has 0 radical (unpaired) electrons. The number of benzene rings is 2. The van der Waals surface area contributed by atoms with Crippen molar-refractivity contribution < 1.29 is 39.6 Å². The van der Waals surface area contributed by atoms with Crippen molar-refractivity contribution in [1.29, 1.82) is 0 Å². The standard InChI is InChI=1S/C19H23ClN2S.2C4H4O4/c1-21-12-14-22(15-13-21)11-10-16-4-2-3-5-19(16)23-18-8-6-17(20)7-9-18;2*5-3(6)1-2-4(7)8/h2-9H,10-15H2,1H3;2*1-2H,(H,5,6)(H,7,8)/b;2*2-1+. The van der Waals surface area contributed by atoms with Crippen molar-refractivity contribution in [3.63, 3.8) is 0 Å². The summed E-state index contributed by atoms with van der Waals surface area (Å²) < 4.78 is 0. The Morgan fingerprint density at radius 3 is 1.69 bits per heavy atom. The Morgan fingerprint density at radius 2 is 1.23 bits per heavy atom. The number of carboxylic acid groups (broad SMARTS) is 4. The van der Waals surface area contributed by atoms with Crippen molar-refractivity contribution >= 4 is 47.2 Å². The molecule has 0 aromatic heterocycles. The minimum atomic E-state index is -1.26. The van der Waals surface area contributed by atoms with Gasteiger partial charge in [0.2, 0.25) is 0 Å². The number of piperazine rings is 1. The van der Waals surface area contributed by atoms with Crippen molar-refractivity contribution in [3.8, 4) is 0 Å². The largest absolute Gasteiger partial charge is 0.478 e. The Hall–Kier alpha value is -3.64. The molecule has 0 saturated carbocycles. The molecule has 0 aliphatic carbocycles. The van der Waals surface area contributed by atoms with Crippen LogP contribution in [0.15, 0.2) is 82.6 Å². The van der Waals surface area contributed by atoms with Gasteiger partial charge in [0.25, 0.3) is 0 Å². The third kappa shape index (κ3) is 16.7. The average molecular weight is 579 g/mol. The minimum absolute atomic E-state index is 0.558. The molecule has 1 aliphatic heterocycles. The predicted octanol–water partition coefficient (Wildman–Crippen LogP) is 3.70. The average Bonchev–Trinajstić information content (AvgIpc) is 2.89. The fourth-order valence-electron chi connectivity index (χ4n) is 3.07.